The van der Waals surface area contributed by atoms with Crippen LogP contribution in [0.25, 0.3) is 0 Å². The van der Waals surface area contributed by atoms with Gasteiger partial charge in [-0.05, 0) is 14.1 Å². The summed E-state index contributed by atoms with van der Waals surface area (Å²) in [6.45, 7) is 0.854. The van der Waals surface area contributed by atoms with Crippen LogP contribution in [0.4, 0.5) is 8.78 Å². The quantitative estimate of drug-likeness (QED) is 0.457. The predicted octanol–water partition coefficient (Wildman–Crippen LogP) is 1.16. The van der Waals surface area contributed by atoms with Gasteiger partial charge in [-0.2, -0.15) is 8.78 Å². The van der Waals surface area contributed by atoms with Crippen molar-refractivity contribution in [1.82, 2.24) is 4.90 Å². The van der Waals surface area contributed by atoms with Crippen LogP contribution in [0.3, 0.4) is 0 Å². The van der Waals surface area contributed by atoms with E-state index in [4.69, 9.17) is 0 Å². The summed E-state index contributed by atoms with van der Waals surface area (Å²) in [6, 6.07) is -2.67. The van der Waals surface area contributed by atoms with Gasteiger partial charge in [-0.25, -0.2) is 0 Å². The van der Waals surface area contributed by atoms with Crippen LogP contribution in [0.2, 0.25) is 0 Å². The monoisotopic (exact) mass is 109 g/mol. The Labute approximate surface area is 41.9 Å². The van der Waals surface area contributed by atoms with Gasteiger partial charge in [0, 0.05) is 6.92 Å². The molecule has 0 bridgehead atoms. The van der Waals surface area contributed by atoms with Gasteiger partial charge in [0.05, 0.1) is 0 Å². The van der Waals surface area contributed by atoms with Crippen molar-refractivity contribution in [3.63, 3.8) is 0 Å². The molecule has 0 saturated heterocycles. The fourth-order valence-corrected chi connectivity index (χ4v) is 0. The zero-order valence-electron chi connectivity index (χ0n) is 4.70. The molecule has 0 atom stereocenters. The normalized spacial score (nSPS) is 12.9. The van der Waals surface area contributed by atoms with E-state index < -0.39 is 6.05 Å². The lowest BCUT2D eigenvalue weighted by Crippen LogP contribution is -2.31. The predicted molar refractivity (Wildman–Crippen MR) is 24.3 cm³/mol. The number of alkyl halides is 2. The second-order valence-corrected chi connectivity index (χ2v) is 1.74. The molecule has 0 aromatic heterocycles. The van der Waals surface area contributed by atoms with Crippen LogP contribution in [0, 0.1) is 0 Å². The highest BCUT2D eigenvalue weighted by Gasteiger charge is 2.22. The summed E-state index contributed by atoms with van der Waals surface area (Å²) in [5.74, 6) is 0. The highest BCUT2D eigenvalue weighted by molar-refractivity contribution is 4.49. The van der Waals surface area contributed by atoms with Crippen LogP contribution in [0.1, 0.15) is 6.92 Å². The Morgan fingerprint density at radius 3 is 1.43 bits per heavy atom. The molecule has 0 rings (SSSR count). The molecule has 0 aliphatic carbocycles. The molecule has 0 radical (unpaired) electrons. The maximum absolute atomic E-state index is 11.8. The van der Waals surface area contributed by atoms with Gasteiger partial charge in [-0.1, -0.05) is 0 Å². The molecule has 0 saturated carbocycles. The Morgan fingerprint density at radius 2 is 1.43 bits per heavy atom. The van der Waals surface area contributed by atoms with Gasteiger partial charge < -0.3 is 0 Å². The summed E-state index contributed by atoms with van der Waals surface area (Å²) in [4.78, 5) is 0.854. The molecule has 0 aromatic rings. The first-order valence-electron chi connectivity index (χ1n) is 2.00. The van der Waals surface area contributed by atoms with Gasteiger partial charge in [0.1, 0.15) is 0 Å². The first-order chi connectivity index (χ1) is 2.94. The number of hydrogen-bond acceptors (Lipinski definition) is 1. The molecule has 0 spiro atoms. The molecule has 3 heteroatoms. The van der Waals surface area contributed by atoms with Crippen LogP contribution < -0.4 is 0 Å². The molecule has 0 N–H and O–H groups in total. The van der Waals surface area contributed by atoms with Crippen molar-refractivity contribution in [2.45, 2.75) is 13.0 Å². The molecule has 0 aliphatic heterocycles. The van der Waals surface area contributed by atoms with Gasteiger partial charge in [0.25, 0.3) is 0 Å². The standard InChI is InChI=1S/C4H9F2N/c1-4(5,6)7(2)3/h1-3H3. The van der Waals surface area contributed by atoms with E-state index in [0.717, 1.165) is 11.8 Å². The number of halogens is 2. The smallest absolute Gasteiger partial charge is 0.251 e. The molecule has 0 amide bonds. The van der Waals surface area contributed by atoms with Gasteiger partial charge in [-0.15, -0.1) is 0 Å². The van der Waals surface area contributed by atoms with E-state index in [2.05, 4.69) is 0 Å². The Morgan fingerprint density at radius 1 is 1.29 bits per heavy atom. The Bertz CT molecular complexity index is 55.2. The lowest BCUT2D eigenvalue weighted by molar-refractivity contribution is -0.104. The molecule has 7 heavy (non-hydrogen) atoms. The second kappa shape index (κ2) is 1.74. The van der Waals surface area contributed by atoms with Crippen LogP contribution >= 0.6 is 0 Å². The fourth-order valence-electron chi connectivity index (χ4n) is 0. The van der Waals surface area contributed by atoms with E-state index in [-0.39, 0.29) is 0 Å². The average Bonchev–Trinajstić information content (AvgIpc) is 1.31. The number of hydrogen-bond donors (Lipinski definition) is 0. The summed E-state index contributed by atoms with van der Waals surface area (Å²) in [6.07, 6.45) is 0. The molecule has 0 aliphatic rings. The topological polar surface area (TPSA) is 3.24 Å². The second-order valence-electron chi connectivity index (χ2n) is 1.74. The molecule has 0 unspecified atom stereocenters. The highest BCUT2D eigenvalue weighted by Crippen LogP contribution is 2.12. The molecule has 1 nitrogen and oxygen atoms in total. The summed E-state index contributed by atoms with van der Waals surface area (Å²) >= 11 is 0. The highest BCUT2D eigenvalue weighted by atomic mass is 19.3. The van der Waals surface area contributed by atoms with E-state index in [9.17, 15) is 8.78 Å². The van der Waals surface area contributed by atoms with Crippen molar-refractivity contribution >= 4 is 0 Å². The van der Waals surface area contributed by atoms with Gasteiger partial charge in [0.15, 0.2) is 0 Å². The Balaban J connectivity index is 3.54. The molecule has 0 heterocycles. The van der Waals surface area contributed by atoms with Crippen molar-refractivity contribution < 1.29 is 8.78 Å². The fraction of sp³-hybridized carbons (Fsp3) is 1.00. The SMILES string of the molecule is CN(C)C(C)(F)F. The third kappa shape index (κ3) is 2.51. The van der Waals surface area contributed by atoms with Crippen molar-refractivity contribution in [2.24, 2.45) is 0 Å². The van der Waals surface area contributed by atoms with Gasteiger partial charge >= 0.3 is 6.05 Å². The van der Waals surface area contributed by atoms with E-state index in [1.807, 2.05) is 0 Å². The largest absolute Gasteiger partial charge is 0.301 e. The summed E-state index contributed by atoms with van der Waals surface area (Å²) in [7, 11) is 2.67. The van der Waals surface area contributed by atoms with Crippen LogP contribution in [0.15, 0.2) is 0 Å². The molecule has 0 aromatic carbocycles. The third-order valence-corrected chi connectivity index (χ3v) is 0.785. The zero-order valence-corrected chi connectivity index (χ0v) is 4.70. The number of nitrogens with zero attached hydrogens (tertiary/aromatic N) is 1. The maximum Gasteiger partial charge on any atom is 0.301 e. The average molecular weight is 109 g/mol. The lowest BCUT2D eigenvalue weighted by atomic mass is 10.6. The summed E-state index contributed by atoms with van der Waals surface area (Å²) in [5, 5.41) is 0. The molecular weight excluding hydrogens is 100 g/mol. The summed E-state index contributed by atoms with van der Waals surface area (Å²) in [5.41, 5.74) is 0. The van der Waals surface area contributed by atoms with E-state index in [1.54, 1.807) is 0 Å². The van der Waals surface area contributed by atoms with Crippen LogP contribution in [-0.4, -0.2) is 25.0 Å². The van der Waals surface area contributed by atoms with Crippen molar-refractivity contribution in [3.8, 4) is 0 Å². The Hall–Kier alpha value is -0.180. The third-order valence-electron chi connectivity index (χ3n) is 0.785. The van der Waals surface area contributed by atoms with Crippen LogP contribution in [0.5, 0.6) is 0 Å². The minimum Gasteiger partial charge on any atom is -0.251 e. The van der Waals surface area contributed by atoms with Crippen LogP contribution in [-0.2, 0) is 0 Å². The Kier molecular flexibility index (Phi) is 1.69. The minimum atomic E-state index is -2.67. The van der Waals surface area contributed by atoms with Gasteiger partial charge in [0.2, 0.25) is 0 Å². The van der Waals surface area contributed by atoms with E-state index >= 15 is 0 Å². The lowest BCUT2D eigenvalue weighted by Gasteiger charge is -2.17. The molecular formula is C4H9F2N. The minimum absolute atomic E-state index is 0.854. The van der Waals surface area contributed by atoms with E-state index in [0.29, 0.717) is 0 Å². The van der Waals surface area contributed by atoms with E-state index in [1.165, 1.54) is 14.1 Å². The van der Waals surface area contributed by atoms with Crippen molar-refractivity contribution in [1.29, 1.82) is 0 Å². The molecule has 0 fully saturated rings. The molecule has 44 valence electrons. The number of rotatable bonds is 1. The van der Waals surface area contributed by atoms with Crippen molar-refractivity contribution in [3.05, 3.63) is 0 Å². The zero-order chi connectivity index (χ0) is 6.08. The first kappa shape index (κ1) is 6.82. The first-order valence-corrected chi connectivity index (χ1v) is 2.00. The summed E-state index contributed by atoms with van der Waals surface area (Å²) < 4.78 is 23.5. The van der Waals surface area contributed by atoms with Crippen molar-refractivity contribution in [2.75, 3.05) is 14.1 Å². The maximum atomic E-state index is 11.8. The van der Waals surface area contributed by atoms with Gasteiger partial charge in [-0.3, -0.25) is 4.90 Å².